The van der Waals surface area contributed by atoms with Crippen LogP contribution >= 0.6 is 12.2 Å². The number of H-pyrrole nitrogens is 1. The minimum Gasteiger partial charge on any atom is -0.370 e. The highest BCUT2D eigenvalue weighted by molar-refractivity contribution is 7.71. The van der Waals surface area contributed by atoms with Gasteiger partial charge in [0.15, 0.2) is 4.77 Å². The first-order valence-electron chi connectivity index (χ1n) is 4.77. The molecule has 0 unspecified atom stereocenters. The Labute approximate surface area is 83.2 Å². The summed E-state index contributed by atoms with van der Waals surface area (Å²) < 4.78 is 3.00. The lowest BCUT2D eigenvalue weighted by molar-refractivity contribution is 0.593. The van der Waals surface area contributed by atoms with E-state index in [-0.39, 0.29) is 0 Å². The molecule has 3 nitrogen and oxygen atoms in total. The first-order chi connectivity index (χ1) is 6.20. The van der Waals surface area contributed by atoms with Gasteiger partial charge in [-0.25, -0.2) is 0 Å². The summed E-state index contributed by atoms with van der Waals surface area (Å²) in [6.45, 7) is 5.37. The van der Waals surface area contributed by atoms with Crippen LogP contribution in [-0.4, -0.2) is 16.1 Å². The van der Waals surface area contributed by atoms with E-state index in [9.17, 15) is 0 Å². The van der Waals surface area contributed by atoms with E-state index >= 15 is 0 Å². The topological polar surface area (TPSA) is 32.8 Å². The maximum Gasteiger partial charge on any atom is 0.179 e. The van der Waals surface area contributed by atoms with E-state index < -0.39 is 0 Å². The van der Waals surface area contributed by atoms with E-state index in [1.54, 1.807) is 0 Å². The molecule has 0 saturated heterocycles. The van der Waals surface area contributed by atoms with Crippen molar-refractivity contribution < 1.29 is 0 Å². The molecule has 1 aromatic heterocycles. The van der Waals surface area contributed by atoms with Gasteiger partial charge in [-0.3, -0.25) is 0 Å². The van der Waals surface area contributed by atoms with E-state index in [4.69, 9.17) is 12.2 Å². The summed E-state index contributed by atoms with van der Waals surface area (Å²) in [5.41, 5.74) is 1.27. The van der Waals surface area contributed by atoms with Crippen molar-refractivity contribution in [1.29, 1.82) is 0 Å². The van der Waals surface area contributed by atoms with Crippen molar-refractivity contribution in [2.45, 2.75) is 32.7 Å². The second-order valence-corrected chi connectivity index (χ2v) is 4.14. The molecule has 0 bridgehead atoms. The van der Waals surface area contributed by atoms with Crippen LogP contribution in [0, 0.1) is 4.77 Å². The molecule has 0 saturated carbocycles. The minimum atomic E-state index is 0.429. The number of aromatic nitrogens is 2. The fourth-order valence-electron chi connectivity index (χ4n) is 1.83. The van der Waals surface area contributed by atoms with E-state index in [1.807, 2.05) is 0 Å². The summed E-state index contributed by atoms with van der Waals surface area (Å²) in [5, 5.41) is 3.40. The molecule has 0 spiro atoms. The lowest BCUT2D eigenvalue weighted by atomic mass is 10.2. The van der Waals surface area contributed by atoms with Crippen molar-refractivity contribution in [3.8, 4) is 0 Å². The summed E-state index contributed by atoms with van der Waals surface area (Å²) in [5.74, 6) is 1.20. The van der Waals surface area contributed by atoms with Crippen molar-refractivity contribution in [2.24, 2.45) is 0 Å². The zero-order chi connectivity index (χ0) is 9.42. The van der Waals surface area contributed by atoms with Gasteiger partial charge in [0.25, 0.3) is 0 Å². The van der Waals surface area contributed by atoms with Crippen LogP contribution in [0.25, 0.3) is 0 Å². The highest BCUT2D eigenvalue weighted by Gasteiger charge is 2.16. The van der Waals surface area contributed by atoms with Crippen molar-refractivity contribution >= 4 is 18.0 Å². The molecule has 1 aliphatic rings. The summed E-state index contributed by atoms with van der Waals surface area (Å²) in [7, 11) is 0. The fraction of sp³-hybridized carbons (Fsp3) is 0.667. The fourth-order valence-corrected chi connectivity index (χ4v) is 2.26. The van der Waals surface area contributed by atoms with Crippen molar-refractivity contribution in [3.05, 3.63) is 10.5 Å². The van der Waals surface area contributed by atoms with E-state index in [0.717, 1.165) is 17.7 Å². The first-order valence-corrected chi connectivity index (χ1v) is 5.18. The molecule has 0 fully saturated rings. The number of imidazole rings is 1. The molecule has 2 rings (SSSR count). The first kappa shape index (κ1) is 8.81. The summed E-state index contributed by atoms with van der Waals surface area (Å²) in [6, 6.07) is 0.429. The second-order valence-electron chi connectivity index (χ2n) is 3.75. The molecule has 1 aromatic rings. The third-order valence-electron chi connectivity index (χ3n) is 2.42. The predicted molar refractivity (Wildman–Crippen MR) is 56.8 cm³/mol. The molecule has 4 heteroatoms. The Bertz CT molecular complexity index is 361. The molecule has 1 aliphatic heterocycles. The highest BCUT2D eigenvalue weighted by Crippen LogP contribution is 2.24. The van der Waals surface area contributed by atoms with Crippen molar-refractivity contribution in [1.82, 2.24) is 9.55 Å². The lowest BCUT2D eigenvalue weighted by Crippen LogP contribution is -2.15. The highest BCUT2D eigenvalue weighted by atomic mass is 32.1. The van der Waals surface area contributed by atoms with Gasteiger partial charge >= 0.3 is 0 Å². The van der Waals surface area contributed by atoms with Gasteiger partial charge in [-0.05, 0) is 38.9 Å². The summed E-state index contributed by atoms with van der Waals surface area (Å²) >= 11 is 5.26. The van der Waals surface area contributed by atoms with Gasteiger partial charge in [0.05, 0.1) is 5.69 Å². The third kappa shape index (κ3) is 1.39. The largest absolute Gasteiger partial charge is 0.370 e. The summed E-state index contributed by atoms with van der Waals surface area (Å²) in [6.07, 6.45) is 2.31. The Morgan fingerprint density at radius 1 is 1.46 bits per heavy atom. The minimum absolute atomic E-state index is 0.429. The Balaban J connectivity index is 2.55. The van der Waals surface area contributed by atoms with Crippen LogP contribution < -0.4 is 5.32 Å². The van der Waals surface area contributed by atoms with Crippen molar-refractivity contribution in [3.63, 3.8) is 0 Å². The van der Waals surface area contributed by atoms with Crippen LogP contribution in [0.2, 0.25) is 0 Å². The van der Waals surface area contributed by atoms with Crippen molar-refractivity contribution in [2.75, 3.05) is 11.9 Å². The van der Waals surface area contributed by atoms with Gasteiger partial charge in [0.1, 0.15) is 5.82 Å². The maximum atomic E-state index is 5.26. The Kier molecular flexibility index (Phi) is 2.15. The monoisotopic (exact) mass is 197 g/mol. The molecular formula is C9H15N3S. The molecule has 0 amide bonds. The predicted octanol–water partition coefficient (Wildman–Crippen LogP) is 2.48. The van der Waals surface area contributed by atoms with Crippen LogP contribution in [0.3, 0.4) is 0 Å². The lowest BCUT2D eigenvalue weighted by Gasteiger charge is -2.18. The van der Waals surface area contributed by atoms with E-state index in [0.29, 0.717) is 6.04 Å². The number of anilines is 1. The Morgan fingerprint density at radius 2 is 2.23 bits per heavy atom. The maximum absolute atomic E-state index is 5.26. The number of nitrogens with one attached hydrogen (secondary N) is 2. The third-order valence-corrected chi connectivity index (χ3v) is 2.71. The molecule has 0 aliphatic carbocycles. The van der Waals surface area contributed by atoms with Gasteiger partial charge in [0, 0.05) is 12.6 Å². The zero-order valence-electron chi connectivity index (χ0n) is 8.05. The Morgan fingerprint density at radius 3 is 2.92 bits per heavy atom. The van der Waals surface area contributed by atoms with Gasteiger partial charge in [-0.1, -0.05) is 0 Å². The van der Waals surface area contributed by atoms with Crippen LogP contribution in [-0.2, 0) is 6.42 Å². The average Bonchev–Trinajstić information content (AvgIpc) is 2.39. The quantitative estimate of drug-likeness (QED) is 0.678. The number of aryl methyl sites for hydroxylation is 1. The molecule has 72 valence electrons. The number of hydrogen-bond acceptors (Lipinski definition) is 2. The Hall–Kier alpha value is -0.770. The van der Waals surface area contributed by atoms with Gasteiger partial charge in [0.2, 0.25) is 0 Å². The summed E-state index contributed by atoms with van der Waals surface area (Å²) in [4.78, 5) is 3.26. The average molecular weight is 197 g/mol. The van der Waals surface area contributed by atoms with Crippen LogP contribution in [0.5, 0.6) is 0 Å². The number of rotatable bonds is 1. The smallest absolute Gasteiger partial charge is 0.179 e. The molecule has 2 heterocycles. The molecular weight excluding hydrogens is 182 g/mol. The zero-order valence-corrected chi connectivity index (χ0v) is 8.87. The SMILES string of the molecule is CC(C)n1c2c([nH]c1=S)CCCN2. The normalized spacial score (nSPS) is 15.6. The number of fused-ring (bicyclic) bond motifs is 1. The van der Waals surface area contributed by atoms with Crippen LogP contribution in [0.15, 0.2) is 0 Å². The van der Waals surface area contributed by atoms with Gasteiger partial charge in [-0.2, -0.15) is 0 Å². The molecule has 0 atom stereocenters. The van der Waals surface area contributed by atoms with Gasteiger partial charge < -0.3 is 14.9 Å². The van der Waals surface area contributed by atoms with E-state index in [2.05, 4.69) is 28.7 Å². The number of aromatic amines is 1. The van der Waals surface area contributed by atoms with E-state index in [1.165, 1.54) is 17.9 Å². The molecule has 0 aromatic carbocycles. The van der Waals surface area contributed by atoms with Crippen LogP contribution in [0.1, 0.15) is 32.0 Å². The molecule has 2 N–H and O–H groups in total. The standard InChI is InChI=1S/C9H15N3S/c1-6(2)12-8-7(11-9(12)13)4-3-5-10-8/h6,10H,3-5H2,1-2H3,(H,11,13). The molecule has 0 radical (unpaired) electrons. The number of hydrogen-bond donors (Lipinski definition) is 2. The number of nitrogens with zero attached hydrogens (tertiary/aromatic N) is 1. The van der Waals surface area contributed by atoms with Crippen LogP contribution in [0.4, 0.5) is 5.82 Å². The van der Waals surface area contributed by atoms with Gasteiger partial charge in [-0.15, -0.1) is 0 Å². The second kappa shape index (κ2) is 3.18. The molecule has 13 heavy (non-hydrogen) atoms.